The lowest BCUT2D eigenvalue weighted by Gasteiger charge is -2.28. The average molecular weight is 303 g/mol. The Balaban J connectivity index is 4.48. The quantitative estimate of drug-likeness (QED) is 0.258. The predicted molar refractivity (Wildman–Crippen MR) is 96.8 cm³/mol. The van der Waals surface area contributed by atoms with Gasteiger partial charge in [0.25, 0.3) is 0 Å². The van der Waals surface area contributed by atoms with E-state index >= 15 is 0 Å². The van der Waals surface area contributed by atoms with Crippen LogP contribution >= 0.6 is 7.26 Å². The molecule has 0 aromatic carbocycles. The topological polar surface area (TPSA) is 9.23 Å². The molecule has 0 N–H and O–H groups in total. The molecule has 0 aliphatic carbocycles. The standard InChI is InChI=1S/C18H40OP/c1-5-8-11-15-20(18-14-19-4,16-12-9-6-2)17-13-10-7-3/h5-18H2,1-4H3/q+1. The van der Waals surface area contributed by atoms with Gasteiger partial charge in [-0.25, -0.2) is 0 Å². The van der Waals surface area contributed by atoms with E-state index in [1.54, 1.807) is 0 Å². The first-order chi connectivity index (χ1) is 9.74. The lowest BCUT2D eigenvalue weighted by Crippen LogP contribution is -2.15. The molecule has 0 spiro atoms. The molecule has 0 aliphatic heterocycles. The molecule has 2 heteroatoms. The van der Waals surface area contributed by atoms with E-state index < -0.39 is 7.26 Å². The van der Waals surface area contributed by atoms with E-state index in [4.69, 9.17) is 4.74 Å². The molecule has 0 saturated carbocycles. The zero-order valence-corrected chi connectivity index (χ0v) is 15.6. The van der Waals surface area contributed by atoms with E-state index in [9.17, 15) is 0 Å². The van der Waals surface area contributed by atoms with Crippen LogP contribution in [0.4, 0.5) is 0 Å². The van der Waals surface area contributed by atoms with Crippen LogP contribution < -0.4 is 0 Å². The number of ether oxygens (including phenoxy) is 1. The molecule has 0 amide bonds. The SMILES string of the molecule is CCCCC[P+](CCCCC)(CCCCC)CCOC. The summed E-state index contributed by atoms with van der Waals surface area (Å²) in [6.07, 6.45) is 18.7. The van der Waals surface area contributed by atoms with Gasteiger partial charge in [0.05, 0.1) is 31.3 Å². The Morgan fingerprint density at radius 2 is 1.00 bits per heavy atom. The molecule has 0 saturated heterocycles. The van der Waals surface area contributed by atoms with E-state index in [1.165, 1.54) is 82.4 Å². The Morgan fingerprint density at radius 1 is 0.600 bits per heavy atom. The minimum atomic E-state index is -0.727. The molecule has 0 heterocycles. The van der Waals surface area contributed by atoms with Crippen LogP contribution in [-0.4, -0.2) is 38.4 Å². The predicted octanol–water partition coefficient (Wildman–Crippen LogP) is 6.22. The van der Waals surface area contributed by atoms with Crippen LogP contribution in [0.2, 0.25) is 0 Å². The highest BCUT2D eigenvalue weighted by atomic mass is 31.2. The van der Waals surface area contributed by atoms with Crippen molar-refractivity contribution in [2.45, 2.75) is 78.6 Å². The van der Waals surface area contributed by atoms with Gasteiger partial charge in [-0.05, 0) is 19.3 Å². The number of rotatable bonds is 15. The summed E-state index contributed by atoms with van der Waals surface area (Å²) in [6, 6.07) is 0. The lowest BCUT2D eigenvalue weighted by molar-refractivity contribution is 0.217. The molecule has 0 aliphatic rings. The van der Waals surface area contributed by atoms with E-state index in [0.717, 1.165) is 6.61 Å². The molecule has 0 rings (SSSR count). The van der Waals surface area contributed by atoms with Gasteiger partial charge < -0.3 is 4.74 Å². The summed E-state index contributed by atoms with van der Waals surface area (Å²) in [5.41, 5.74) is 0. The van der Waals surface area contributed by atoms with Crippen LogP contribution in [0.1, 0.15) is 78.6 Å². The third-order valence-electron chi connectivity index (χ3n) is 4.48. The monoisotopic (exact) mass is 303 g/mol. The lowest BCUT2D eigenvalue weighted by atomic mass is 10.3. The van der Waals surface area contributed by atoms with Crippen LogP contribution in [-0.2, 0) is 4.74 Å². The Hall–Kier alpha value is 0.390. The maximum Gasteiger partial charge on any atom is 0.0828 e. The third kappa shape index (κ3) is 10.2. The van der Waals surface area contributed by atoms with Gasteiger partial charge in [0, 0.05) is 14.4 Å². The van der Waals surface area contributed by atoms with Crippen molar-refractivity contribution in [2.75, 3.05) is 38.4 Å². The first kappa shape index (κ1) is 20.4. The minimum Gasteiger partial charge on any atom is -0.381 e. The second kappa shape index (κ2) is 14.3. The summed E-state index contributed by atoms with van der Waals surface area (Å²) < 4.78 is 5.44. The van der Waals surface area contributed by atoms with Crippen molar-refractivity contribution in [3.8, 4) is 0 Å². The van der Waals surface area contributed by atoms with Gasteiger partial charge >= 0.3 is 0 Å². The summed E-state index contributed by atoms with van der Waals surface area (Å²) in [6.45, 7) is 7.97. The van der Waals surface area contributed by atoms with Gasteiger partial charge in [0.1, 0.15) is 0 Å². The van der Waals surface area contributed by atoms with Crippen molar-refractivity contribution in [1.29, 1.82) is 0 Å². The molecule has 0 fully saturated rings. The van der Waals surface area contributed by atoms with E-state index in [0.29, 0.717) is 0 Å². The van der Waals surface area contributed by atoms with Crippen LogP contribution in [0, 0.1) is 0 Å². The summed E-state index contributed by atoms with van der Waals surface area (Å²) in [5.74, 6) is 0. The van der Waals surface area contributed by atoms with Gasteiger partial charge in [-0.15, -0.1) is 0 Å². The van der Waals surface area contributed by atoms with Crippen molar-refractivity contribution >= 4 is 7.26 Å². The maximum atomic E-state index is 5.44. The summed E-state index contributed by atoms with van der Waals surface area (Å²) in [7, 11) is 1.15. The second-order valence-corrected chi connectivity index (χ2v) is 10.8. The molecular weight excluding hydrogens is 263 g/mol. The van der Waals surface area contributed by atoms with Gasteiger partial charge in [-0.1, -0.05) is 59.3 Å². The first-order valence-corrected chi connectivity index (χ1v) is 11.6. The highest BCUT2D eigenvalue weighted by molar-refractivity contribution is 7.75. The smallest absolute Gasteiger partial charge is 0.0828 e. The fourth-order valence-electron chi connectivity index (χ4n) is 3.05. The molecule has 0 aromatic rings. The maximum absolute atomic E-state index is 5.44. The fourth-order valence-corrected chi connectivity index (χ4v) is 7.64. The molecule has 122 valence electrons. The molecule has 0 radical (unpaired) electrons. The highest BCUT2D eigenvalue weighted by Gasteiger charge is 2.35. The zero-order chi connectivity index (χ0) is 15.1. The van der Waals surface area contributed by atoms with Crippen LogP contribution in [0.3, 0.4) is 0 Å². The summed E-state index contributed by atoms with van der Waals surface area (Å²) in [4.78, 5) is 0. The number of hydrogen-bond donors (Lipinski definition) is 0. The minimum absolute atomic E-state index is 0.727. The molecular formula is C18H40OP+. The van der Waals surface area contributed by atoms with Crippen LogP contribution in [0.25, 0.3) is 0 Å². The molecule has 0 unspecified atom stereocenters. The van der Waals surface area contributed by atoms with Crippen molar-refractivity contribution in [3.05, 3.63) is 0 Å². The van der Waals surface area contributed by atoms with Crippen molar-refractivity contribution < 1.29 is 4.74 Å². The van der Waals surface area contributed by atoms with Crippen LogP contribution in [0.5, 0.6) is 0 Å². The largest absolute Gasteiger partial charge is 0.381 e. The molecule has 0 bridgehead atoms. The first-order valence-electron chi connectivity index (χ1n) is 9.08. The normalized spacial score (nSPS) is 12.0. The zero-order valence-electron chi connectivity index (χ0n) is 14.8. The Morgan fingerprint density at radius 3 is 1.30 bits per heavy atom. The molecule has 0 aromatic heterocycles. The number of methoxy groups -OCH3 is 1. The Labute approximate surface area is 129 Å². The van der Waals surface area contributed by atoms with Gasteiger partial charge in [-0.3, -0.25) is 0 Å². The van der Waals surface area contributed by atoms with Crippen molar-refractivity contribution in [1.82, 2.24) is 0 Å². The van der Waals surface area contributed by atoms with Gasteiger partial charge in [0.2, 0.25) is 0 Å². The Kier molecular flexibility index (Phi) is 14.6. The average Bonchev–Trinajstić information content (AvgIpc) is 2.46. The number of hydrogen-bond acceptors (Lipinski definition) is 1. The van der Waals surface area contributed by atoms with Gasteiger partial charge in [0.15, 0.2) is 0 Å². The molecule has 1 nitrogen and oxygen atoms in total. The molecule has 0 atom stereocenters. The summed E-state index contributed by atoms with van der Waals surface area (Å²) >= 11 is 0. The number of unbranched alkanes of at least 4 members (excludes halogenated alkanes) is 6. The van der Waals surface area contributed by atoms with Crippen molar-refractivity contribution in [2.24, 2.45) is 0 Å². The van der Waals surface area contributed by atoms with Crippen LogP contribution in [0.15, 0.2) is 0 Å². The van der Waals surface area contributed by atoms with Gasteiger partial charge in [-0.2, -0.15) is 0 Å². The second-order valence-electron chi connectivity index (χ2n) is 6.35. The third-order valence-corrected chi connectivity index (χ3v) is 9.40. The fraction of sp³-hybridized carbons (Fsp3) is 1.00. The Bertz CT molecular complexity index is 167. The summed E-state index contributed by atoms with van der Waals surface area (Å²) in [5, 5.41) is 0. The van der Waals surface area contributed by atoms with E-state index in [2.05, 4.69) is 20.8 Å². The van der Waals surface area contributed by atoms with Crippen molar-refractivity contribution in [3.63, 3.8) is 0 Å². The highest BCUT2D eigenvalue weighted by Crippen LogP contribution is 2.60. The van der Waals surface area contributed by atoms with E-state index in [1.807, 2.05) is 7.11 Å². The molecule has 20 heavy (non-hydrogen) atoms. The van der Waals surface area contributed by atoms with E-state index in [-0.39, 0.29) is 0 Å².